The van der Waals surface area contributed by atoms with Crippen molar-refractivity contribution in [1.82, 2.24) is 14.7 Å². The van der Waals surface area contributed by atoms with E-state index in [1.54, 1.807) is 0 Å². The molecule has 0 radical (unpaired) electrons. The monoisotopic (exact) mass is 257 g/mol. The van der Waals surface area contributed by atoms with Gasteiger partial charge in [0.1, 0.15) is 11.3 Å². The number of nitrogens with zero attached hydrogens (tertiary/aromatic N) is 2. The first-order valence-electron chi connectivity index (χ1n) is 5.11. The second kappa shape index (κ2) is 4.62. The highest BCUT2D eigenvalue weighted by Crippen LogP contribution is 2.26. The fraction of sp³-hybridized carbons (Fsp3) is 0.364. The topological polar surface area (TPSA) is 29.3 Å². The molecule has 1 unspecified atom stereocenters. The number of likely N-dealkylation sites (N-methyl/N-ethyl adjacent to an activating group) is 1. The van der Waals surface area contributed by atoms with Crippen molar-refractivity contribution in [3.63, 3.8) is 0 Å². The minimum atomic E-state index is 0.348. The molecule has 2 rings (SSSR count). The summed E-state index contributed by atoms with van der Waals surface area (Å²) in [4.78, 5) is 4.34. The van der Waals surface area contributed by atoms with Crippen LogP contribution in [0.3, 0.4) is 0 Å². The van der Waals surface area contributed by atoms with Crippen molar-refractivity contribution >= 4 is 28.7 Å². The number of halogens is 2. The molecule has 0 aliphatic heterocycles. The van der Waals surface area contributed by atoms with Crippen molar-refractivity contribution in [2.75, 3.05) is 7.05 Å². The van der Waals surface area contributed by atoms with Gasteiger partial charge in [-0.25, -0.2) is 4.98 Å². The Kier molecular flexibility index (Phi) is 3.38. The Bertz CT molecular complexity index is 507. The van der Waals surface area contributed by atoms with Crippen LogP contribution in [0, 0.1) is 0 Å². The van der Waals surface area contributed by atoms with Crippen LogP contribution in [-0.4, -0.2) is 22.5 Å². The first kappa shape index (κ1) is 11.7. The Morgan fingerprint density at radius 1 is 1.50 bits per heavy atom. The smallest absolute Gasteiger partial charge is 0.156 e. The maximum absolute atomic E-state index is 6.09. The number of pyridine rings is 1. The van der Waals surface area contributed by atoms with Gasteiger partial charge in [-0.15, -0.1) is 0 Å². The summed E-state index contributed by atoms with van der Waals surface area (Å²) >= 11 is 12.2. The predicted molar refractivity (Wildman–Crippen MR) is 67.4 cm³/mol. The minimum Gasteiger partial charge on any atom is -0.317 e. The van der Waals surface area contributed by atoms with Crippen LogP contribution in [0.25, 0.3) is 5.52 Å². The first-order chi connectivity index (χ1) is 7.63. The van der Waals surface area contributed by atoms with Crippen LogP contribution < -0.4 is 5.32 Å². The number of hydrogen-bond donors (Lipinski definition) is 1. The number of nitrogens with one attached hydrogen (secondary N) is 1. The number of rotatable bonds is 3. The zero-order valence-electron chi connectivity index (χ0n) is 9.17. The molecular formula is C11H13Cl2N3. The molecule has 2 heterocycles. The van der Waals surface area contributed by atoms with Gasteiger partial charge in [0.25, 0.3) is 0 Å². The van der Waals surface area contributed by atoms with E-state index in [-0.39, 0.29) is 0 Å². The van der Waals surface area contributed by atoms with Gasteiger partial charge in [0, 0.05) is 18.7 Å². The molecule has 0 saturated carbocycles. The van der Waals surface area contributed by atoms with E-state index in [0.717, 1.165) is 17.8 Å². The molecule has 0 fully saturated rings. The van der Waals surface area contributed by atoms with E-state index in [1.165, 1.54) is 0 Å². The van der Waals surface area contributed by atoms with Crippen molar-refractivity contribution in [3.8, 4) is 0 Å². The summed E-state index contributed by atoms with van der Waals surface area (Å²) in [7, 11) is 1.93. The number of aromatic nitrogens is 2. The standard InChI is InChI=1S/C11H13Cl2N3/c1-7(14-2)6-9-15-11(13)10-8(12)4-3-5-16(9)10/h3-5,7,14H,6H2,1-2H3. The Morgan fingerprint density at radius 2 is 2.25 bits per heavy atom. The maximum Gasteiger partial charge on any atom is 0.156 e. The Hall–Kier alpha value is -0.770. The van der Waals surface area contributed by atoms with Crippen LogP contribution in [0.4, 0.5) is 0 Å². The Labute approximate surface area is 104 Å². The van der Waals surface area contributed by atoms with E-state index in [0.29, 0.717) is 16.2 Å². The van der Waals surface area contributed by atoms with Crippen LogP contribution in [-0.2, 0) is 6.42 Å². The normalized spacial score (nSPS) is 13.2. The molecule has 0 bridgehead atoms. The molecule has 86 valence electrons. The van der Waals surface area contributed by atoms with Gasteiger partial charge in [0.2, 0.25) is 0 Å². The van der Waals surface area contributed by atoms with Crippen LogP contribution in [0.5, 0.6) is 0 Å². The average molecular weight is 258 g/mol. The zero-order chi connectivity index (χ0) is 11.7. The van der Waals surface area contributed by atoms with Gasteiger partial charge in [-0.2, -0.15) is 0 Å². The van der Waals surface area contributed by atoms with Gasteiger partial charge in [0.05, 0.1) is 5.02 Å². The summed E-state index contributed by atoms with van der Waals surface area (Å²) in [5.41, 5.74) is 0.782. The van der Waals surface area contributed by atoms with Crippen LogP contribution in [0.2, 0.25) is 10.2 Å². The van der Waals surface area contributed by atoms with Gasteiger partial charge >= 0.3 is 0 Å². The summed E-state index contributed by atoms with van der Waals surface area (Å²) in [5.74, 6) is 0.921. The third-order valence-electron chi connectivity index (χ3n) is 2.63. The molecule has 16 heavy (non-hydrogen) atoms. The second-order valence-electron chi connectivity index (χ2n) is 3.79. The Morgan fingerprint density at radius 3 is 2.94 bits per heavy atom. The van der Waals surface area contributed by atoms with Crippen molar-refractivity contribution in [2.24, 2.45) is 0 Å². The first-order valence-corrected chi connectivity index (χ1v) is 5.87. The van der Waals surface area contributed by atoms with Crippen molar-refractivity contribution < 1.29 is 0 Å². The molecule has 0 aliphatic rings. The van der Waals surface area contributed by atoms with Crippen LogP contribution in [0.1, 0.15) is 12.7 Å². The molecule has 5 heteroatoms. The van der Waals surface area contributed by atoms with E-state index in [9.17, 15) is 0 Å². The fourth-order valence-electron chi connectivity index (χ4n) is 1.64. The maximum atomic E-state index is 6.09. The highest BCUT2D eigenvalue weighted by molar-refractivity contribution is 6.39. The summed E-state index contributed by atoms with van der Waals surface area (Å²) in [6.07, 6.45) is 2.74. The summed E-state index contributed by atoms with van der Waals surface area (Å²) < 4.78 is 1.94. The quantitative estimate of drug-likeness (QED) is 0.917. The molecule has 2 aromatic rings. The van der Waals surface area contributed by atoms with E-state index < -0.39 is 0 Å². The number of imidazole rings is 1. The SMILES string of the molecule is CNC(C)Cc1nc(Cl)c2c(Cl)cccn12. The van der Waals surface area contributed by atoms with E-state index in [2.05, 4.69) is 17.2 Å². The Balaban J connectivity index is 2.51. The predicted octanol–water partition coefficient (Wildman–Crippen LogP) is 2.79. The van der Waals surface area contributed by atoms with Crippen molar-refractivity contribution in [2.45, 2.75) is 19.4 Å². The molecule has 0 amide bonds. The minimum absolute atomic E-state index is 0.348. The van der Waals surface area contributed by atoms with Crippen molar-refractivity contribution in [3.05, 3.63) is 34.3 Å². The lowest BCUT2D eigenvalue weighted by Crippen LogP contribution is -2.24. The molecule has 0 aliphatic carbocycles. The number of hydrogen-bond acceptors (Lipinski definition) is 2. The molecule has 2 aromatic heterocycles. The molecule has 0 aromatic carbocycles. The molecule has 0 saturated heterocycles. The summed E-state index contributed by atoms with van der Waals surface area (Å²) in [6.45, 7) is 2.10. The third kappa shape index (κ3) is 2.03. The van der Waals surface area contributed by atoms with Gasteiger partial charge in [-0.05, 0) is 26.1 Å². The van der Waals surface area contributed by atoms with E-state index in [1.807, 2.05) is 29.8 Å². The largest absolute Gasteiger partial charge is 0.317 e. The second-order valence-corrected chi connectivity index (χ2v) is 4.55. The molecule has 3 nitrogen and oxygen atoms in total. The number of fused-ring (bicyclic) bond motifs is 1. The van der Waals surface area contributed by atoms with Crippen LogP contribution >= 0.6 is 23.2 Å². The lowest BCUT2D eigenvalue weighted by atomic mass is 10.2. The summed E-state index contributed by atoms with van der Waals surface area (Å²) in [6, 6.07) is 4.05. The van der Waals surface area contributed by atoms with E-state index in [4.69, 9.17) is 23.2 Å². The molecule has 1 N–H and O–H groups in total. The van der Waals surface area contributed by atoms with Crippen LogP contribution in [0.15, 0.2) is 18.3 Å². The molecule has 1 atom stereocenters. The molecular weight excluding hydrogens is 245 g/mol. The zero-order valence-corrected chi connectivity index (χ0v) is 10.7. The molecule has 0 spiro atoms. The van der Waals surface area contributed by atoms with Gasteiger partial charge in [-0.1, -0.05) is 23.2 Å². The van der Waals surface area contributed by atoms with Gasteiger partial charge < -0.3 is 9.72 Å². The van der Waals surface area contributed by atoms with Gasteiger partial charge in [0.15, 0.2) is 5.15 Å². The summed E-state index contributed by atoms with van der Waals surface area (Å²) in [5, 5.41) is 4.26. The van der Waals surface area contributed by atoms with E-state index >= 15 is 0 Å². The fourth-order valence-corrected chi connectivity index (χ4v) is 2.23. The average Bonchev–Trinajstić information content (AvgIpc) is 2.57. The van der Waals surface area contributed by atoms with Crippen molar-refractivity contribution in [1.29, 1.82) is 0 Å². The highest BCUT2D eigenvalue weighted by Gasteiger charge is 2.13. The lowest BCUT2D eigenvalue weighted by Gasteiger charge is -2.08. The third-order valence-corrected chi connectivity index (χ3v) is 3.20. The lowest BCUT2D eigenvalue weighted by molar-refractivity contribution is 0.590. The highest BCUT2D eigenvalue weighted by atomic mass is 35.5. The van der Waals surface area contributed by atoms with Gasteiger partial charge in [-0.3, -0.25) is 0 Å².